The summed E-state index contributed by atoms with van der Waals surface area (Å²) in [5.41, 5.74) is 0.630. The van der Waals surface area contributed by atoms with Crippen molar-refractivity contribution in [2.75, 3.05) is 33.5 Å². The Hall–Kier alpha value is -1.56. The van der Waals surface area contributed by atoms with E-state index in [1.54, 1.807) is 7.11 Å². The standard InChI is InChI=1S/C16H21NO4/c1-11(17-7-16(8-18)9-20-10-16)14-6-12-4-3-5-13(19-2)15(12)21-14/h3-6,11,17-18H,7-10H2,1-2H3. The van der Waals surface area contributed by atoms with Crippen molar-refractivity contribution in [1.82, 2.24) is 5.32 Å². The van der Waals surface area contributed by atoms with Gasteiger partial charge in [0, 0.05) is 11.9 Å². The van der Waals surface area contributed by atoms with Gasteiger partial charge in [0.25, 0.3) is 0 Å². The van der Waals surface area contributed by atoms with E-state index in [9.17, 15) is 5.11 Å². The fourth-order valence-corrected chi connectivity index (χ4v) is 2.54. The molecule has 1 unspecified atom stereocenters. The Morgan fingerprint density at radius 3 is 2.86 bits per heavy atom. The number of hydrogen-bond donors (Lipinski definition) is 2. The molecule has 1 aliphatic rings. The van der Waals surface area contributed by atoms with Gasteiger partial charge in [-0.1, -0.05) is 12.1 Å². The van der Waals surface area contributed by atoms with Gasteiger partial charge in [-0.15, -0.1) is 0 Å². The van der Waals surface area contributed by atoms with Gasteiger partial charge in [0.2, 0.25) is 0 Å². The van der Waals surface area contributed by atoms with Crippen LogP contribution in [0.3, 0.4) is 0 Å². The summed E-state index contributed by atoms with van der Waals surface area (Å²) >= 11 is 0. The third-order valence-electron chi connectivity index (χ3n) is 4.11. The lowest BCUT2D eigenvalue weighted by molar-refractivity contribution is -0.135. The maximum Gasteiger partial charge on any atom is 0.176 e. The van der Waals surface area contributed by atoms with Gasteiger partial charge in [-0.3, -0.25) is 0 Å². The monoisotopic (exact) mass is 291 g/mol. The van der Waals surface area contributed by atoms with Crippen molar-refractivity contribution in [1.29, 1.82) is 0 Å². The molecule has 5 nitrogen and oxygen atoms in total. The van der Waals surface area contributed by atoms with Crippen LogP contribution in [0.2, 0.25) is 0 Å². The quantitative estimate of drug-likeness (QED) is 0.853. The summed E-state index contributed by atoms with van der Waals surface area (Å²) in [7, 11) is 1.64. The summed E-state index contributed by atoms with van der Waals surface area (Å²) in [6, 6.07) is 7.93. The zero-order valence-electron chi connectivity index (χ0n) is 12.4. The molecule has 1 aromatic heterocycles. The SMILES string of the molecule is COc1cccc2cc(C(C)NCC3(CO)COC3)oc12. The van der Waals surface area contributed by atoms with Crippen LogP contribution in [0, 0.1) is 5.41 Å². The van der Waals surface area contributed by atoms with Crippen LogP contribution in [-0.2, 0) is 4.74 Å². The first-order chi connectivity index (χ1) is 10.2. The molecule has 0 bridgehead atoms. The number of nitrogens with one attached hydrogen (secondary N) is 1. The van der Waals surface area contributed by atoms with E-state index in [1.807, 2.05) is 24.3 Å². The molecule has 1 aromatic carbocycles. The first-order valence-corrected chi connectivity index (χ1v) is 7.16. The van der Waals surface area contributed by atoms with Crippen molar-refractivity contribution >= 4 is 11.0 Å². The lowest BCUT2D eigenvalue weighted by Crippen LogP contribution is -2.52. The number of aliphatic hydroxyl groups excluding tert-OH is 1. The molecule has 1 atom stereocenters. The Morgan fingerprint density at radius 1 is 1.43 bits per heavy atom. The molecule has 21 heavy (non-hydrogen) atoms. The first kappa shape index (κ1) is 14.4. The number of fused-ring (bicyclic) bond motifs is 1. The van der Waals surface area contributed by atoms with Crippen LogP contribution in [0.4, 0.5) is 0 Å². The van der Waals surface area contributed by atoms with Crippen molar-refractivity contribution < 1.29 is 19.0 Å². The Morgan fingerprint density at radius 2 is 2.24 bits per heavy atom. The average Bonchev–Trinajstić information content (AvgIpc) is 2.90. The van der Waals surface area contributed by atoms with Gasteiger partial charge >= 0.3 is 0 Å². The molecule has 5 heteroatoms. The third-order valence-corrected chi connectivity index (χ3v) is 4.11. The Kier molecular flexibility index (Phi) is 3.89. The van der Waals surface area contributed by atoms with Crippen LogP contribution >= 0.6 is 0 Å². The van der Waals surface area contributed by atoms with Crippen molar-refractivity contribution in [3.05, 3.63) is 30.0 Å². The molecule has 1 aliphatic heterocycles. The number of aliphatic hydroxyl groups is 1. The van der Waals surface area contributed by atoms with E-state index >= 15 is 0 Å². The van der Waals surface area contributed by atoms with Crippen LogP contribution in [-0.4, -0.2) is 38.6 Å². The molecular weight excluding hydrogens is 270 g/mol. The Bertz CT molecular complexity index is 612. The lowest BCUT2D eigenvalue weighted by Gasteiger charge is -2.40. The fraction of sp³-hybridized carbons (Fsp3) is 0.500. The number of para-hydroxylation sites is 1. The summed E-state index contributed by atoms with van der Waals surface area (Å²) in [5, 5.41) is 13.9. The van der Waals surface area contributed by atoms with Crippen molar-refractivity contribution in [3.63, 3.8) is 0 Å². The molecular formula is C16H21NO4. The molecule has 2 aromatic rings. The first-order valence-electron chi connectivity index (χ1n) is 7.16. The van der Waals surface area contributed by atoms with Crippen molar-refractivity contribution in [2.45, 2.75) is 13.0 Å². The van der Waals surface area contributed by atoms with E-state index in [4.69, 9.17) is 13.9 Å². The largest absolute Gasteiger partial charge is 0.493 e. The second-order valence-electron chi connectivity index (χ2n) is 5.78. The second-order valence-corrected chi connectivity index (χ2v) is 5.78. The highest BCUT2D eigenvalue weighted by Crippen LogP contribution is 2.32. The van der Waals surface area contributed by atoms with Gasteiger partial charge < -0.3 is 24.3 Å². The third kappa shape index (κ3) is 2.64. The molecule has 0 spiro atoms. The molecule has 1 fully saturated rings. The zero-order valence-corrected chi connectivity index (χ0v) is 12.4. The minimum absolute atomic E-state index is 0.0612. The minimum atomic E-state index is -0.141. The average molecular weight is 291 g/mol. The Labute approximate surface area is 123 Å². The van der Waals surface area contributed by atoms with Gasteiger partial charge in [-0.25, -0.2) is 0 Å². The number of methoxy groups -OCH3 is 1. The molecule has 3 rings (SSSR count). The van der Waals surface area contributed by atoms with Crippen molar-refractivity contribution in [2.24, 2.45) is 5.41 Å². The Balaban J connectivity index is 1.74. The number of hydrogen-bond acceptors (Lipinski definition) is 5. The van der Waals surface area contributed by atoms with Crippen LogP contribution in [0.1, 0.15) is 18.7 Å². The molecule has 0 amide bonds. The minimum Gasteiger partial charge on any atom is -0.493 e. The summed E-state index contributed by atoms with van der Waals surface area (Å²) in [4.78, 5) is 0. The maximum atomic E-state index is 9.44. The van der Waals surface area contributed by atoms with Gasteiger partial charge in [0.1, 0.15) is 5.76 Å². The van der Waals surface area contributed by atoms with E-state index in [2.05, 4.69) is 12.2 Å². The molecule has 1 saturated heterocycles. The van der Waals surface area contributed by atoms with Crippen LogP contribution in [0.25, 0.3) is 11.0 Å². The van der Waals surface area contributed by atoms with E-state index in [0.29, 0.717) is 19.8 Å². The molecule has 114 valence electrons. The predicted octanol–water partition coefficient (Wildman–Crippen LogP) is 2.10. The topological polar surface area (TPSA) is 63.9 Å². The summed E-state index contributed by atoms with van der Waals surface area (Å²) in [5.74, 6) is 1.60. The number of furan rings is 1. The number of benzene rings is 1. The highest BCUT2D eigenvalue weighted by molar-refractivity contribution is 5.83. The molecule has 0 radical (unpaired) electrons. The van der Waals surface area contributed by atoms with Gasteiger partial charge in [0.15, 0.2) is 11.3 Å². The molecule has 2 heterocycles. The summed E-state index contributed by atoms with van der Waals surface area (Å²) in [6.07, 6.45) is 0. The smallest absolute Gasteiger partial charge is 0.176 e. The number of rotatable bonds is 6. The molecule has 0 saturated carbocycles. The van der Waals surface area contributed by atoms with E-state index in [1.165, 1.54) is 0 Å². The lowest BCUT2D eigenvalue weighted by atomic mass is 9.87. The van der Waals surface area contributed by atoms with Gasteiger partial charge in [-0.05, 0) is 19.1 Å². The normalized spacial score (nSPS) is 18.4. The van der Waals surface area contributed by atoms with Crippen LogP contribution in [0.5, 0.6) is 5.75 Å². The van der Waals surface area contributed by atoms with E-state index in [-0.39, 0.29) is 18.1 Å². The number of ether oxygens (including phenoxy) is 2. The summed E-state index contributed by atoms with van der Waals surface area (Å²) in [6.45, 7) is 4.11. The predicted molar refractivity (Wildman–Crippen MR) is 79.5 cm³/mol. The van der Waals surface area contributed by atoms with Gasteiger partial charge in [-0.2, -0.15) is 0 Å². The molecule has 0 aliphatic carbocycles. The highest BCUT2D eigenvalue weighted by atomic mass is 16.5. The van der Waals surface area contributed by atoms with Crippen LogP contribution in [0.15, 0.2) is 28.7 Å². The van der Waals surface area contributed by atoms with E-state index < -0.39 is 0 Å². The summed E-state index contributed by atoms with van der Waals surface area (Å²) < 4.78 is 16.4. The molecule has 2 N–H and O–H groups in total. The maximum absolute atomic E-state index is 9.44. The van der Waals surface area contributed by atoms with Crippen molar-refractivity contribution in [3.8, 4) is 5.75 Å². The second kappa shape index (κ2) is 5.67. The highest BCUT2D eigenvalue weighted by Gasteiger charge is 2.38. The fourth-order valence-electron chi connectivity index (χ4n) is 2.54. The van der Waals surface area contributed by atoms with Crippen LogP contribution < -0.4 is 10.1 Å². The van der Waals surface area contributed by atoms with E-state index in [0.717, 1.165) is 22.5 Å². The van der Waals surface area contributed by atoms with Gasteiger partial charge in [0.05, 0.1) is 38.4 Å². The zero-order chi connectivity index (χ0) is 14.9.